The molecular formula is C26H32GdN2O6-. The first-order chi connectivity index (χ1) is 15.3. The number of carbonyl (C=O) groups is 3. The van der Waals surface area contributed by atoms with Crippen LogP contribution in [0, 0.1) is 47.4 Å². The zero-order chi connectivity index (χ0) is 25.8. The van der Waals surface area contributed by atoms with Gasteiger partial charge in [-0.05, 0) is 63.3 Å². The molecule has 191 valence electrons. The Morgan fingerprint density at radius 3 is 0.971 bits per heavy atom. The number of carbonyl (C=O) groups excluding carboxylic acids is 3. The first kappa shape index (κ1) is 39.5. The van der Waals surface area contributed by atoms with Gasteiger partial charge in [0.1, 0.15) is 0 Å². The van der Waals surface area contributed by atoms with Gasteiger partial charge in [-0.2, -0.15) is 0 Å². The molecule has 0 atom stereocenters. The monoisotopic (exact) mass is 626 g/mol. The fourth-order valence-electron chi connectivity index (χ4n) is 1.89. The van der Waals surface area contributed by atoms with Gasteiger partial charge in [0.05, 0.1) is 11.4 Å². The molecule has 0 bridgehead atoms. The molecule has 0 saturated heterocycles. The van der Waals surface area contributed by atoms with Gasteiger partial charge < -0.3 is 22.7 Å². The fraction of sp³-hybridized carbons (Fsp3) is 0.231. The second kappa shape index (κ2) is 24.4. The molecule has 0 amide bonds. The molecular weight excluding hydrogens is 594 g/mol. The van der Waals surface area contributed by atoms with Crippen LogP contribution in [0.3, 0.4) is 0 Å². The Bertz CT molecular complexity index is 840. The van der Waals surface area contributed by atoms with Crippen LogP contribution in [-0.2, 0) is 14.4 Å². The van der Waals surface area contributed by atoms with Crippen LogP contribution < -0.4 is 15.3 Å². The van der Waals surface area contributed by atoms with Gasteiger partial charge in [-0.3, -0.25) is 24.4 Å². The summed E-state index contributed by atoms with van der Waals surface area (Å²) in [5.41, 5.74) is 1.83. The van der Waals surface area contributed by atoms with Gasteiger partial charge in [0, 0.05) is 12.4 Å². The van der Waals surface area contributed by atoms with Gasteiger partial charge >= 0.3 is 39.9 Å². The average molecular weight is 626 g/mol. The molecule has 9 heteroatoms. The molecule has 8 nitrogen and oxygen atoms in total. The normalized spacial score (nSPS) is 10.2. The number of rotatable bonds is 4. The van der Waals surface area contributed by atoms with Crippen molar-refractivity contribution >= 4 is 17.3 Å². The van der Waals surface area contributed by atoms with Crippen LogP contribution in [0.4, 0.5) is 0 Å². The summed E-state index contributed by atoms with van der Waals surface area (Å²) in [5.74, 6) is -1.12. The predicted octanol–water partition coefficient (Wildman–Crippen LogP) is 2.11. The standard InChI is InChI=1S/C10H8N2.3C5H8O2.CH3.Gd/c1-3-7-11-9(5-1)10-6-2-4-8-12-10;3*1-4(6)3-5(2)7;;/h1-8H;3*3,6H,1-2H3;1H3;/q;;;;-1;+3/p-3/b;3*4-3-;;. The van der Waals surface area contributed by atoms with E-state index in [1.807, 2.05) is 36.4 Å². The molecule has 0 aliphatic carbocycles. The number of hydrogen-bond donors (Lipinski definition) is 0. The summed E-state index contributed by atoms with van der Waals surface area (Å²) in [5, 5.41) is 29.9. The van der Waals surface area contributed by atoms with Crippen molar-refractivity contribution in [3.8, 4) is 11.4 Å². The van der Waals surface area contributed by atoms with E-state index in [0.717, 1.165) is 29.6 Å². The number of allylic oxidation sites excluding steroid dienone is 6. The van der Waals surface area contributed by atoms with Crippen molar-refractivity contribution in [2.24, 2.45) is 0 Å². The summed E-state index contributed by atoms with van der Waals surface area (Å²) in [6, 6.07) is 11.6. The largest absolute Gasteiger partial charge is 3.00 e. The molecule has 0 fully saturated rings. The van der Waals surface area contributed by atoms with Crippen molar-refractivity contribution in [1.29, 1.82) is 0 Å². The Morgan fingerprint density at radius 1 is 0.600 bits per heavy atom. The third-order valence-corrected chi connectivity index (χ3v) is 2.81. The van der Waals surface area contributed by atoms with Crippen LogP contribution in [0.1, 0.15) is 41.5 Å². The van der Waals surface area contributed by atoms with E-state index in [1.165, 1.54) is 41.5 Å². The zero-order valence-electron chi connectivity index (χ0n) is 21.0. The summed E-state index contributed by atoms with van der Waals surface area (Å²) in [7, 11) is 0. The van der Waals surface area contributed by atoms with Gasteiger partial charge in [0.2, 0.25) is 0 Å². The molecule has 0 unspecified atom stereocenters. The van der Waals surface area contributed by atoms with Crippen molar-refractivity contribution in [2.45, 2.75) is 41.5 Å². The van der Waals surface area contributed by atoms with Crippen molar-refractivity contribution in [3.05, 3.63) is 91.7 Å². The maximum absolute atomic E-state index is 9.98. The molecule has 2 aromatic rings. The number of ketones is 3. The third-order valence-electron chi connectivity index (χ3n) is 2.81. The molecule has 1 radical (unpaired) electrons. The van der Waals surface area contributed by atoms with Crippen LogP contribution in [0.2, 0.25) is 0 Å². The van der Waals surface area contributed by atoms with Crippen molar-refractivity contribution < 1.29 is 69.6 Å². The number of aromatic nitrogens is 2. The quantitative estimate of drug-likeness (QED) is 0.285. The second-order valence-electron chi connectivity index (χ2n) is 6.53. The maximum atomic E-state index is 9.98. The first-order valence-electron chi connectivity index (χ1n) is 9.75. The van der Waals surface area contributed by atoms with E-state index in [9.17, 15) is 29.7 Å². The van der Waals surface area contributed by atoms with E-state index in [1.54, 1.807) is 12.4 Å². The van der Waals surface area contributed by atoms with E-state index in [0.29, 0.717) is 0 Å². The molecule has 2 aromatic heterocycles. The molecule has 0 saturated carbocycles. The Morgan fingerprint density at radius 2 is 0.857 bits per heavy atom. The van der Waals surface area contributed by atoms with E-state index < -0.39 is 0 Å². The van der Waals surface area contributed by atoms with Gasteiger partial charge in [-0.25, -0.2) is 0 Å². The van der Waals surface area contributed by atoms with Crippen LogP contribution in [0.5, 0.6) is 0 Å². The van der Waals surface area contributed by atoms with E-state index in [2.05, 4.69) is 9.97 Å². The minimum Gasteiger partial charge on any atom is -0.876 e. The minimum absolute atomic E-state index is 0. The molecule has 0 aliphatic heterocycles. The Kier molecular flexibility index (Phi) is 27.5. The summed E-state index contributed by atoms with van der Waals surface area (Å²) in [4.78, 5) is 38.3. The zero-order valence-corrected chi connectivity index (χ0v) is 23.3. The number of hydrogen-bond acceptors (Lipinski definition) is 8. The predicted molar refractivity (Wildman–Crippen MR) is 127 cm³/mol. The second-order valence-corrected chi connectivity index (χ2v) is 6.53. The summed E-state index contributed by atoms with van der Waals surface area (Å²) >= 11 is 0. The SMILES string of the molecule is CC(=O)/C=C(/C)[O-].CC(=O)/C=C(/C)[O-].CC(=O)/C=C(/C)[O-].[CH3-].[Gd+3].c1ccc(-c2ccccn2)nc1. The first-order valence-corrected chi connectivity index (χ1v) is 9.75. The van der Waals surface area contributed by atoms with E-state index in [-0.39, 0.29) is 82.0 Å². The average Bonchev–Trinajstić information content (AvgIpc) is 2.67. The number of nitrogens with zero attached hydrogens (tertiary/aromatic N) is 2. The molecule has 35 heavy (non-hydrogen) atoms. The van der Waals surface area contributed by atoms with Gasteiger partial charge in [0.15, 0.2) is 17.3 Å². The van der Waals surface area contributed by atoms with Crippen LogP contribution in [0.15, 0.2) is 84.3 Å². The third kappa shape index (κ3) is 31.3. The molecule has 2 heterocycles. The molecule has 0 N–H and O–H groups in total. The number of pyridine rings is 2. The van der Waals surface area contributed by atoms with Crippen molar-refractivity contribution in [1.82, 2.24) is 9.97 Å². The Balaban J connectivity index is -0.000000187. The maximum Gasteiger partial charge on any atom is 3.00 e. The van der Waals surface area contributed by atoms with Crippen molar-refractivity contribution in [2.75, 3.05) is 0 Å². The van der Waals surface area contributed by atoms with E-state index in [4.69, 9.17) is 0 Å². The van der Waals surface area contributed by atoms with Gasteiger partial charge in [-0.15, -0.1) is 17.3 Å². The van der Waals surface area contributed by atoms with Crippen LogP contribution in [-0.4, -0.2) is 27.3 Å². The summed E-state index contributed by atoms with van der Waals surface area (Å²) in [6.07, 6.45) is 6.70. The Labute approximate surface area is 240 Å². The summed E-state index contributed by atoms with van der Waals surface area (Å²) < 4.78 is 0. The molecule has 0 aliphatic rings. The molecule has 2 rings (SSSR count). The molecule has 0 aromatic carbocycles. The smallest absolute Gasteiger partial charge is 0.876 e. The van der Waals surface area contributed by atoms with Gasteiger partial charge in [-0.1, -0.05) is 32.9 Å². The van der Waals surface area contributed by atoms with E-state index >= 15 is 0 Å². The molecule has 0 spiro atoms. The van der Waals surface area contributed by atoms with Crippen LogP contribution >= 0.6 is 0 Å². The van der Waals surface area contributed by atoms with Crippen molar-refractivity contribution in [3.63, 3.8) is 0 Å². The summed E-state index contributed by atoms with van der Waals surface area (Å²) in [6.45, 7) is 8.09. The fourth-order valence-corrected chi connectivity index (χ4v) is 1.89. The minimum atomic E-state index is -0.187. The Hall–Kier alpha value is -2.75. The van der Waals surface area contributed by atoms with Gasteiger partial charge in [0.25, 0.3) is 0 Å². The topological polar surface area (TPSA) is 146 Å². The van der Waals surface area contributed by atoms with Crippen LogP contribution in [0.25, 0.3) is 11.4 Å².